The Morgan fingerprint density at radius 1 is 1.50 bits per heavy atom. The summed E-state index contributed by atoms with van der Waals surface area (Å²) < 4.78 is 4.90. The van der Waals surface area contributed by atoms with E-state index in [2.05, 4.69) is 45.9 Å². The van der Waals surface area contributed by atoms with Gasteiger partial charge in [-0.05, 0) is 0 Å². The van der Waals surface area contributed by atoms with Gasteiger partial charge < -0.3 is 0 Å². The monoisotopic (exact) mass is 267 g/mol. The summed E-state index contributed by atoms with van der Waals surface area (Å²) >= 11 is 9.04. The van der Waals surface area contributed by atoms with Crippen molar-refractivity contribution in [1.82, 2.24) is 0 Å². The first-order valence-corrected chi connectivity index (χ1v) is 8.84. The third-order valence-corrected chi connectivity index (χ3v) is 0. The Bertz CT molecular complexity index is 22.4. The molecule has 0 saturated carbocycles. The second kappa shape index (κ2) is 2.87. The molecular formula is HBr3Si. The van der Waals surface area contributed by atoms with E-state index in [-0.39, 0.29) is 0 Å². The van der Waals surface area contributed by atoms with Crippen molar-refractivity contribution in [2.75, 3.05) is 0 Å². The largest absolute Gasteiger partial charge is 0.253 e. The summed E-state index contributed by atoms with van der Waals surface area (Å²) in [5, 5.41) is 0. The normalized spacial score (nSPS) is 15.2. The van der Waals surface area contributed by atoms with Gasteiger partial charge in [0.25, 0.3) is 4.59 Å². The molecule has 0 aromatic heterocycles. The zero-order valence-corrected chi connectivity index (χ0v) is 7.39. The van der Waals surface area contributed by atoms with Crippen molar-refractivity contribution in [2.45, 2.75) is 0 Å². The summed E-state index contributed by atoms with van der Waals surface area (Å²) in [4.78, 5) is 0. The molecule has 0 fully saturated rings. The SMILES string of the molecule is [2H][Si](Br)(Br)Br. The Morgan fingerprint density at radius 3 is 1.50 bits per heavy atom. The molecule has 0 N–H and O–H groups in total. The van der Waals surface area contributed by atoms with Gasteiger partial charge in [0.2, 0.25) is 0 Å². The number of halogens is 3. The summed E-state index contributed by atoms with van der Waals surface area (Å²) in [7, 11) is 0. The molecule has 26 valence electrons. The molecule has 0 aliphatic carbocycles. The number of rotatable bonds is 0. The van der Waals surface area contributed by atoms with E-state index in [1.807, 2.05) is 0 Å². The summed E-state index contributed by atoms with van der Waals surface area (Å²) in [5.74, 6) is 0. The smallest absolute Gasteiger partial charge is 0.101 e. The van der Waals surface area contributed by atoms with Gasteiger partial charge in [-0.2, -0.15) is 0 Å². The van der Waals surface area contributed by atoms with Crippen LogP contribution in [-0.2, 0) is 0 Å². The van der Waals surface area contributed by atoms with Gasteiger partial charge >= 0.3 is 0 Å². The minimum atomic E-state index is -1.92. The van der Waals surface area contributed by atoms with E-state index < -0.39 is 4.59 Å². The van der Waals surface area contributed by atoms with Crippen LogP contribution in [0.5, 0.6) is 0 Å². The maximum Gasteiger partial charge on any atom is 0.253 e. The van der Waals surface area contributed by atoms with Crippen LogP contribution in [-0.4, -0.2) is 5.82 Å². The standard InChI is InChI=1S/Br3HSi/c1-4(2)3/h4H/i4D. The third kappa shape index (κ3) is 9.40. The van der Waals surface area contributed by atoms with Gasteiger partial charge in [-0.3, -0.25) is 0 Å². The Kier molecular flexibility index (Phi) is 2.75. The van der Waals surface area contributed by atoms with Crippen molar-refractivity contribution in [3.8, 4) is 0 Å². The van der Waals surface area contributed by atoms with Gasteiger partial charge in [-0.1, -0.05) is 0 Å². The van der Waals surface area contributed by atoms with Gasteiger partial charge in [0.05, 0.1) is 0 Å². The molecule has 4 heavy (non-hydrogen) atoms. The third-order valence-electron chi connectivity index (χ3n) is 0. The summed E-state index contributed by atoms with van der Waals surface area (Å²) in [6, 6.07) is 0. The molecular weight excluding hydrogens is 268 g/mol. The van der Waals surface area contributed by atoms with E-state index in [1.165, 1.54) is 0 Å². The lowest BCUT2D eigenvalue weighted by atomic mass is 28.0. The zero-order chi connectivity index (χ0) is 4.50. The first-order chi connectivity index (χ1) is 2.00. The minimum absolute atomic E-state index is 1.92. The lowest BCUT2D eigenvalue weighted by molar-refractivity contribution is 4.99. The lowest BCUT2D eigenvalue weighted by Crippen LogP contribution is -1.60. The van der Waals surface area contributed by atoms with E-state index in [0.29, 0.717) is 0 Å². The van der Waals surface area contributed by atoms with Crippen LogP contribution in [0, 0.1) is 0 Å². The van der Waals surface area contributed by atoms with Crippen molar-refractivity contribution in [3.63, 3.8) is 0 Å². The molecule has 4 heteroatoms. The minimum Gasteiger partial charge on any atom is -0.101 e. The fourth-order valence-electron chi connectivity index (χ4n) is 0. The number of hydrogen-bond acceptors (Lipinski definition) is 0. The molecule has 0 rings (SSSR count). The topological polar surface area (TPSA) is 0 Å². The lowest BCUT2D eigenvalue weighted by Gasteiger charge is -1.66. The highest BCUT2D eigenvalue weighted by Crippen LogP contribution is 2.07. The molecule has 0 atom stereocenters. The maximum atomic E-state index is 6.83. The van der Waals surface area contributed by atoms with Crippen molar-refractivity contribution in [3.05, 3.63) is 0 Å². The van der Waals surface area contributed by atoms with Gasteiger partial charge in [-0.25, -0.2) is 0 Å². The zero-order valence-electron chi connectivity index (χ0n) is 2.63. The second-order valence-corrected chi connectivity index (χ2v) is 17.4. The summed E-state index contributed by atoms with van der Waals surface area (Å²) in [6.45, 7) is 0. The average molecular weight is 270 g/mol. The van der Waals surface area contributed by atoms with Crippen LogP contribution in [0.4, 0.5) is 0 Å². The van der Waals surface area contributed by atoms with E-state index in [9.17, 15) is 0 Å². The molecule has 0 bridgehead atoms. The highest BCUT2D eigenvalue weighted by Gasteiger charge is 1.82. The van der Waals surface area contributed by atoms with Crippen LogP contribution >= 0.6 is 45.9 Å². The predicted octanol–water partition coefficient (Wildman–Crippen LogP) is 1.89. The first kappa shape index (κ1) is 3.83. The molecule has 0 aromatic rings. The Balaban J connectivity index is 3.02. The Hall–Kier alpha value is 1.66. The van der Waals surface area contributed by atoms with Crippen molar-refractivity contribution >= 4 is 50.5 Å². The van der Waals surface area contributed by atoms with Gasteiger partial charge in [0.1, 0.15) is 0 Å². The van der Waals surface area contributed by atoms with Crippen molar-refractivity contribution in [1.29, 1.82) is 1.23 Å². The molecule has 0 amide bonds. The van der Waals surface area contributed by atoms with E-state index in [4.69, 9.17) is 1.23 Å². The Labute approximate surface area is 51.5 Å². The molecule has 0 aromatic carbocycles. The van der Waals surface area contributed by atoms with Crippen LogP contribution in [0.25, 0.3) is 0 Å². The van der Waals surface area contributed by atoms with Crippen LogP contribution < -0.4 is 0 Å². The first-order valence-electron chi connectivity index (χ1n) is 1.07. The number of hydrogen-bond donors (Lipinski definition) is 0. The quantitative estimate of drug-likeness (QED) is 0.465. The van der Waals surface area contributed by atoms with E-state index in [1.54, 1.807) is 0 Å². The molecule has 0 aliphatic rings. The molecule has 0 spiro atoms. The molecule has 0 radical (unpaired) electrons. The predicted molar refractivity (Wildman–Crippen MR) is 33.9 cm³/mol. The van der Waals surface area contributed by atoms with Crippen LogP contribution in [0.15, 0.2) is 0 Å². The highest BCUT2D eigenvalue weighted by molar-refractivity contribution is 9.69. The fraction of sp³-hybridized carbons (Fsp3) is 0. The van der Waals surface area contributed by atoms with Crippen LogP contribution in [0.2, 0.25) is 0 Å². The van der Waals surface area contributed by atoms with E-state index >= 15 is 0 Å². The van der Waals surface area contributed by atoms with E-state index in [0.717, 1.165) is 0 Å². The average Bonchev–Trinajstić information content (AvgIpc) is 0.722. The maximum absolute atomic E-state index is 6.83. The van der Waals surface area contributed by atoms with Gasteiger partial charge in [0, 0.05) is 1.23 Å². The van der Waals surface area contributed by atoms with Crippen molar-refractivity contribution in [2.24, 2.45) is 0 Å². The van der Waals surface area contributed by atoms with Crippen LogP contribution in [0.3, 0.4) is 0 Å². The summed E-state index contributed by atoms with van der Waals surface area (Å²) in [6.07, 6.45) is 0. The molecule has 0 nitrogen and oxygen atoms in total. The van der Waals surface area contributed by atoms with Gasteiger partial charge in [-0.15, -0.1) is 45.9 Å². The Morgan fingerprint density at radius 2 is 1.50 bits per heavy atom. The van der Waals surface area contributed by atoms with Crippen molar-refractivity contribution < 1.29 is 0 Å². The molecule has 0 heterocycles. The van der Waals surface area contributed by atoms with Crippen LogP contribution in [0.1, 0.15) is 0 Å². The molecule has 0 saturated heterocycles. The fourth-order valence-corrected chi connectivity index (χ4v) is 0. The van der Waals surface area contributed by atoms with Gasteiger partial charge in [0.15, 0.2) is 0 Å². The molecule has 0 aliphatic heterocycles. The second-order valence-electron chi connectivity index (χ2n) is 0.214. The highest BCUT2D eigenvalue weighted by atomic mass is 80.0. The molecule has 0 unspecified atom stereocenters. The summed E-state index contributed by atoms with van der Waals surface area (Å²) in [5.41, 5.74) is 0.